The Morgan fingerprint density at radius 2 is 1.74 bits per heavy atom. The first-order valence-corrected chi connectivity index (χ1v) is 6.03. The number of allylic oxidation sites excluding steroid dienone is 2. The zero-order valence-electron chi connectivity index (χ0n) is 10.8. The van der Waals surface area contributed by atoms with Crippen LogP contribution in [-0.2, 0) is 0 Å². The lowest BCUT2D eigenvalue weighted by Crippen LogP contribution is -1.97. The summed E-state index contributed by atoms with van der Waals surface area (Å²) in [6, 6.07) is 7.72. The SMILES string of the molecule is C=CC(=N/C(=C\C)c1cccnc1)c1cccnc1. The molecule has 0 aliphatic rings. The van der Waals surface area contributed by atoms with E-state index in [1.165, 1.54) is 0 Å². The van der Waals surface area contributed by atoms with Crippen LogP contribution in [0.5, 0.6) is 0 Å². The molecule has 0 saturated heterocycles. The second kappa shape index (κ2) is 6.40. The van der Waals surface area contributed by atoms with E-state index < -0.39 is 0 Å². The second-order valence-corrected chi connectivity index (χ2v) is 3.86. The van der Waals surface area contributed by atoms with Crippen LogP contribution < -0.4 is 0 Å². The van der Waals surface area contributed by atoms with E-state index in [4.69, 9.17) is 0 Å². The summed E-state index contributed by atoms with van der Waals surface area (Å²) in [6.45, 7) is 5.77. The molecule has 2 heterocycles. The van der Waals surface area contributed by atoms with Crippen molar-refractivity contribution in [2.24, 2.45) is 4.99 Å². The molecule has 0 fully saturated rings. The average Bonchev–Trinajstić information content (AvgIpc) is 2.50. The molecule has 0 aliphatic carbocycles. The van der Waals surface area contributed by atoms with Crippen LogP contribution in [0.2, 0.25) is 0 Å². The molecule has 94 valence electrons. The van der Waals surface area contributed by atoms with Crippen LogP contribution in [0.3, 0.4) is 0 Å². The van der Waals surface area contributed by atoms with Gasteiger partial charge in [-0.15, -0.1) is 0 Å². The maximum absolute atomic E-state index is 4.63. The van der Waals surface area contributed by atoms with Gasteiger partial charge in [0.25, 0.3) is 0 Å². The van der Waals surface area contributed by atoms with Crippen LogP contribution in [0.15, 0.2) is 72.8 Å². The lowest BCUT2D eigenvalue weighted by Gasteiger charge is -2.04. The smallest absolute Gasteiger partial charge is 0.0718 e. The van der Waals surface area contributed by atoms with Crippen molar-refractivity contribution in [3.05, 3.63) is 78.9 Å². The Bertz CT molecular complexity index is 598. The van der Waals surface area contributed by atoms with Crippen molar-refractivity contribution in [1.29, 1.82) is 0 Å². The monoisotopic (exact) mass is 249 g/mol. The Hall–Kier alpha value is -2.55. The summed E-state index contributed by atoms with van der Waals surface area (Å²) in [5, 5.41) is 0. The minimum absolute atomic E-state index is 0.796. The third-order valence-corrected chi connectivity index (χ3v) is 2.62. The van der Waals surface area contributed by atoms with E-state index in [0.717, 1.165) is 22.5 Å². The largest absolute Gasteiger partial charge is 0.264 e. The molecule has 3 nitrogen and oxygen atoms in total. The Morgan fingerprint density at radius 3 is 2.21 bits per heavy atom. The van der Waals surface area contributed by atoms with Crippen molar-refractivity contribution in [2.45, 2.75) is 6.92 Å². The van der Waals surface area contributed by atoms with E-state index in [-0.39, 0.29) is 0 Å². The molecule has 0 radical (unpaired) electrons. The van der Waals surface area contributed by atoms with Crippen molar-refractivity contribution >= 4 is 11.4 Å². The number of hydrogen-bond donors (Lipinski definition) is 0. The van der Waals surface area contributed by atoms with E-state index in [9.17, 15) is 0 Å². The topological polar surface area (TPSA) is 38.1 Å². The lowest BCUT2D eigenvalue weighted by atomic mass is 10.1. The van der Waals surface area contributed by atoms with Gasteiger partial charge in [0.2, 0.25) is 0 Å². The quantitative estimate of drug-likeness (QED) is 0.778. The van der Waals surface area contributed by atoms with Gasteiger partial charge in [-0.3, -0.25) is 9.97 Å². The van der Waals surface area contributed by atoms with E-state index in [0.29, 0.717) is 0 Å². The zero-order valence-corrected chi connectivity index (χ0v) is 10.8. The van der Waals surface area contributed by atoms with E-state index in [1.54, 1.807) is 30.9 Å². The zero-order chi connectivity index (χ0) is 13.5. The van der Waals surface area contributed by atoms with E-state index in [1.807, 2.05) is 37.3 Å². The van der Waals surface area contributed by atoms with Gasteiger partial charge in [0.1, 0.15) is 0 Å². The van der Waals surface area contributed by atoms with Crippen molar-refractivity contribution in [2.75, 3.05) is 0 Å². The van der Waals surface area contributed by atoms with Gasteiger partial charge < -0.3 is 0 Å². The van der Waals surface area contributed by atoms with Crippen LogP contribution in [0.25, 0.3) is 5.70 Å². The number of hydrogen-bond acceptors (Lipinski definition) is 3. The molecule has 0 aliphatic heterocycles. The Morgan fingerprint density at radius 1 is 1.11 bits per heavy atom. The highest BCUT2D eigenvalue weighted by atomic mass is 14.8. The lowest BCUT2D eigenvalue weighted by molar-refractivity contribution is 1.29. The summed E-state index contributed by atoms with van der Waals surface area (Å²) in [5.41, 5.74) is 3.59. The van der Waals surface area contributed by atoms with Gasteiger partial charge in [-0.05, 0) is 37.3 Å². The molecule has 0 aromatic carbocycles. The van der Waals surface area contributed by atoms with Gasteiger partial charge in [0.15, 0.2) is 0 Å². The Balaban J connectivity index is 2.40. The van der Waals surface area contributed by atoms with Gasteiger partial charge in [-0.2, -0.15) is 0 Å². The van der Waals surface area contributed by atoms with E-state index >= 15 is 0 Å². The molecule has 0 saturated carbocycles. The first-order valence-electron chi connectivity index (χ1n) is 6.03. The first kappa shape index (κ1) is 12.9. The molecule has 0 spiro atoms. The highest BCUT2D eigenvalue weighted by Crippen LogP contribution is 2.16. The van der Waals surface area contributed by atoms with Crippen molar-refractivity contribution in [3.63, 3.8) is 0 Å². The van der Waals surface area contributed by atoms with Crippen molar-refractivity contribution in [3.8, 4) is 0 Å². The molecular weight excluding hydrogens is 234 g/mol. The van der Waals surface area contributed by atoms with Gasteiger partial charge in [0, 0.05) is 35.9 Å². The molecule has 2 aromatic rings. The fourth-order valence-electron chi connectivity index (χ4n) is 1.68. The molecule has 3 heteroatoms. The second-order valence-electron chi connectivity index (χ2n) is 3.86. The number of pyridine rings is 2. The molecule has 0 amide bonds. The number of nitrogens with zero attached hydrogens (tertiary/aromatic N) is 3. The van der Waals surface area contributed by atoms with Gasteiger partial charge >= 0.3 is 0 Å². The van der Waals surface area contributed by atoms with Gasteiger partial charge in [-0.1, -0.05) is 12.7 Å². The highest BCUT2D eigenvalue weighted by molar-refractivity contribution is 6.10. The number of aromatic nitrogens is 2. The average molecular weight is 249 g/mol. The third kappa shape index (κ3) is 3.22. The molecule has 0 bridgehead atoms. The molecule has 0 atom stereocenters. The number of aliphatic imine (C=N–C) groups is 1. The summed E-state index contributed by atoms with van der Waals surface area (Å²) in [6.07, 6.45) is 10.7. The summed E-state index contributed by atoms with van der Waals surface area (Å²) in [7, 11) is 0. The number of rotatable bonds is 4. The maximum Gasteiger partial charge on any atom is 0.0718 e. The summed E-state index contributed by atoms with van der Waals surface area (Å²) in [5.74, 6) is 0. The predicted molar refractivity (Wildman–Crippen MR) is 78.9 cm³/mol. The van der Waals surface area contributed by atoms with Crippen LogP contribution in [-0.4, -0.2) is 15.7 Å². The van der Waals surface area contributed by atoms with Crippen molar-refractivity contribution in [1.82, 2.24) is 9.97 Å². The highest BCUT2D eigenvalue weighted by Gasteiger charge is 2.03. The minimum Gasteiger partial charge on any atom is -0.264 e. The predicted octanol–water partition coefficient (Wildman–Crippen LogP) is 3.51. The summed E-state index contributed by atoms with van der Waals surface area (Å²) < 4.78 is 0. The summed E-state index contributed by atoms with van der Waals surface area (Å²) in [4.78, 5) is 12.8. The normalized spacial score (nSPS) is 12.3. The molecule has 0 N–H and O–H groups in total. The fraction of sp³-hybridized carbons (Fsp3) is 0.0625. The fourth-order valence-corrected chi connectivity index (χ4v) is 1.68. The van der Waals surface area contributed by atoms with Crippen LogP contribution in [0.1, 0.15) is 18.1 Å². The molecular formula is C16H15N3. The standard InChI is InChI=1S/C16H15N3/c1-3-15(13-7-5-9-17-11-13)19-16(4-2)14-8-6-10-18-12-14/h3-12H,1H2,2H3/b16-4-,19-15?. The molecule has 19 heavy (non-hydrogen) atoms. The Kier molecular flexibility index (Phi) is 4.34. The van der Waals surface area contributed by atoms with Crippen LogP contribution >= 0.6 is 0 Å². The van der Waals surface area contributed by atoms with Crippen molar-refractivity contribution < 1.29 is 0 Å². The molecule has 2 aromatic heterocycles. The molecule has 0 unspecified atom stereocenters. The Labute approximate surface area is 113 Å². The minimum atomic E-state index is 0.796. The molecule has 2 rings (SSSR count). The maximum atomic E-state index is 4.63. The van der Waals surface area contributed by atoms with Gasteiger partial charge in [-0.25, -0.2) is 4.99 Å². The van der Waals surface area contributed by atoms with Gasteiger partial charge in [0.05, 0.1) is 11.4 Å². The van der Waals surface area contributed by atoms with Crippen LogP contribution in [0.4, 0.5) is 0 Å². The summed E-state index contributed by atoms with van der Waals surface area (Å²) >= 11 is 0. The first-order chi connectivity index (χ1) is 9.35. The van der Waals surface area contributed by atoms with Crippen LogP contribution in [0, 0.1) is 0 Å². The van der Waals surface area contributed by atoms with E-state index in [2.05, 4.69) is 21.5 Å². The third-order valence-electron chi connectivity index (χ3n) is 2.62.